The van der Waals surface area contributed by atoms with Gasteiger partial charge in [0.15, 0.2) is 5.13 Å². The minimum atomic E-state index is -0.151. The van der Waals surface area contributed by atoms with Gasteiger partial charge in [-0.3, -0.25) is 14.6 Å². The van der Waals surface area contributed by atoms with Crippen LogP contribution in [0.5, 0.6) is 5.75 Å². The second-order valence-corrected chi connectivity index (χ2v) is 12.0. The van der Waals surface area contributed by atoms with Gasteiger partial charge in [0.1, 0.15) is 5.75 Å². The number of ether oxygens (including phenoxy) is 2. The molecule has 1 amide bonds. The number of carbonyl (C=O) groups is 1. The van der Waals surface area contributed by atoms with Crippen LogP contribution in [0.25, 0.3) is 10.2 Å². The molecule has 2 aromatic rings. The third kappa shape index (κ3) is 4.35. The zero-order valence-corrected chi connectivity index (χ0v) is 21.2. The van der Waals surface area contributed by atoms with E-state index in [1.54, 1.807) is 11.3 Å². The molecule has 2 heterocycles. The van der Waals surface area contributed by atoms with Crippen molar-refractivity contribution in [3.63, 3.8) is 0 Å². The Morgan fingerprint density at radius 3 is 2.56 bits per heavy atom. The Morgan fingerprint density at radius 1 is 1.18 bits per heavy atom. The Bertz CT molecular complexity index is 996. The number of carbonyl (C=O) groups excluding carboxylic acids is 1. The van der Waals surface area contributed by atoms with Gasteiger partial charge in [-0.1, -0.05) is 11.3 Å². The Morgan fingerprint density at radius 2 is 1.88 bits per heavy atom. The zero-order valence-electron chi connectivity index (χ0n) is 20.3. The lowest BCUT2D eigenvalue weighted by molar-refractivity contribution is -0.143. The van der Waals surface area contributed by atoms with Gasteiger partial charge >= 0.3 is 0 Å². The molecule has 6 nitrogen and oxygen atoms in total. The first kappa shape index (κ1) is 22.7. The van der Waals surface area contributed by atoms with Gasteiger partial charge in [0, 0.05) is 26.2 Å². The SMILES string of the molecule is CCOc1ccc2nc(N(CCCN3CCOCC3)C(=O)C34CC5CC(CC(C5)C3)C4)sc2c1. The van der Waals surface area contributed by atoms with E-state index in [2.05, 4.69) is 15.9 Å². The Kier molecular flexibility index (Phi) is 6.29. The molecule has 5 fully saturated rings. The van der Waals surface area contributed by atoms with Crippen molar-refractivity contribution in [1.29, 1.82) is 0 Å². The smallest absolute Gasteiger partial charge is 0.235 e. The fourth-order valence-corrected chi connectivity index (χ4v) is 8.50. The summed E-state index contributed by atoms with van der Waals surface area (Å²) in [5.41, 5.74) is 0.808. The van der Waals surface area contributed by atoms with E-state index in [9.17, 15) is 4.79 Å². The third-order valence-electron chi connectivity index (χ3n) is 8.59. The lowest BCUT2D eigenvalue weighted by Gasteiger charge is -2.56. The fraction of sp³-hybridized carbons (Fsp3) is 0.704. The topological polar surface area (TPSA) is 54.9 Å². The van der Waals surface area contributed by atoms with Crippen molar-refractivity contribution in [3.05, 3.63) is 18.2 Å². The summed E-state index contributed by atoms with van der Waals surface area (Å²) in [7, 11) is 0. The maximum absolute atomic E-state index is 14.4. The molecule has 0 spiro atoms. The van der Waals surface area contributed by atoms with E-state index >= 15 is 0 Å². The molecule has 184 valence electrons. The van der Waals surface area contributed by atoms with Crippen molar-refractivity contribution < 1.29 is 14.3 Å². The van der Waals surface area contributed by atoms with Crippen molar-refractivity contribution >= 4 is 32.6 Å². The van der Waals surface area contributed by atoms with Crippen LogP contribution in [0.2, 0.25) is 0 Å². The van der Waals surface area contributed by atoms with Gasteiger partial charge in [-0.15, -0.1) is 0 Å². The van der Waals surface area contributed by atoms with Gasteiger partial charge in [0.25, 0.3) is 0 Å². The first-order chi connectivity index (χ1) is 16.6. The molecule has 0 atom stereocenters. The number of thiazole rings is 1. The number of fused-ring (bicyclic) bond motifs is 1. The Labute approximate surface area is 206 Å². The lowest BCUT2D eigenvalue weighted by atomic mass is 9.49. The number of hydrogen-bond acceptors (Lipinski definition) is 6. The molecule has 4 aliphatic carbocycles. The molecule has 1 saturated heterocycles. The zero-order chi connectivity index (χ0) is 23.1. The molecule has 7 heteroatoms. The number of rotatable bonds is 8. The minimum absolute atomic E-state index is 0.151. The number of aromatic nitrogens is 1. The maximum atomic E-state index is 14.4. The van der Waals surface area contributed by atoms with Gasteiger partial charge < -0.3 is 9.47 Å². The van der Waals surface area contributed by atoms with Crippen LogP contribution >= 0.6 is 11.3 Å². The summed E-state index contributed by atoms with van der Waals surface area (Å²) in [5.74, 6) is 3.51. The summed E-state index contributed by atoms with van der Waals surface area (Å²) >= 11 is 1.64. The molecule has 5 aliphatic rings. The van der Waals surface area contributed by atoms with Crippen LogP contribution in [0.3, 0.4) is 0 Å². The van der Waals surface area contributed by atoms with E-state index in [1.165, 1.54) is 19.3 Å². The largest absolute Gasteiger partial charge is 0.494 e. The van der Waals surface area contributed by atoms with Gasteiger partial charge in [-0.25, -0.2) is 4.98 Å². The van der Waals surface area contributed by atoms with Crippen molar-refractivity contribution in [2.45, 2.75) is 51.9 Å². The van der Waals surface area contributed by atoms with Gasteiger partial charge in [0.2, 0.25) is 5.91 Å². The molecule has 1 aromatic carbocycles. The number of hydrogen-bond donors (Lipinski definition) is 0. The average molecular weight is 484 g/mol. The number of amides is 1. The molecule has 4 bridgehead atoms. The second kappa shape index (κ2) is 9.40. The van der Waals surface area contributed by atoms with Gasteiger partial charge in [0.05, 0.1) is 35.5 Å². The highest BCUT2D eigenvalue weighted by Crippen LogP contribution is 2.60. The summed E-state index contributed by atoms with van der Waals surface area (Å²) in [5, 5.41) is 0.867. The molecule has 0 unspecified atom stereocenters. The number of nitrogens with zero attached hydrogens (tertiary/aromatic N) is 3. The third-order valence-corrected chi connectivity index (χ3v) is 9.63. The van der Waals surface area contributed by atoms with Crippen LogP contribution in [0.15, 0.2) is 18.2 Å². The number of anilines is 1. The van der Waals surface area contributed by atoms with Crippen LogP contribution in [-0.4, -0.2) is 61.8 Å². The highest BCUT2D eigenvalue weighted by atomic mass is 32.1. The van der Waals surface area contributed by atoms with E-state index in [0.717, 1.165) is 104 Å². The van der Waals surface area contributed by atoms with Crippen molar-refractivity contribution in [2.75, 3.05) is 50.9 Å². The van der Waals surface area contributed by atoms with E-state index in [0.29, 0.717) is 12.5 Å². The molecule has 7 rings (SSSR count). The predicted octanol–water partition coefficient (Wildman–Crippen LogP) is 4.97. The standard InChI is InChI=1S/C27H37N3O3S/c1-2-33-22-4-5-23-24(15-22)34-26(28-23)30(7-3-6-29-8-10-32-11-9-29)25(31)27-16-19-12-20(17-27)14-21(13-19)18-27/h4-5,15,19-21H,2-3,6-14,16-18H2,1H3. The normalized spacial score (nSPS) is 30.7. The van der Waals surface area contributed by atoms with Gasteiger partial charge in [-0.05, 0) is 87.8 Å². The predicted molar refractivity (Wildman–Crippen MR) is 136 cm³/mol. The van der Waals surface area contributed by atoms with Crippen LogP contribution in [0, 0.1) is 23.2 Å². The average Bonchev–Trinajstić information content (AvgIpc) is 3.24. The summed E-state index contributed by atoms with van der Waals surface area (Å²) < 4.78 is 12.3. The molecule has 1 aliphatic heterocycles. The first-order valence-electron chi connectivity index (χ1n) is 13.3. The van der Waals surface area contributed by atoms with Crippen molar-refractivity contribution in [3.8, 4) is 5.75 Å². The quantitative estimate of drug-likeness (QED) is 0.531. The molecule has 0 N–H and O–H groups in total. The highest BCUT2D eigenvalue weighted by Gasteiger charge is 2.56. The fourth-order valence-electron chi connectivity index (χ4n) is 7.48. The maximum Gasteiger partial charge on any atom is 0.235 e. The molecule has 0 radical (unpaired) electrons. The minimum Gasteiger partial charge on any atom is -0.494 e. The van der Waals surface area contributed by atoms with Crippen molar-refractivity contribution in [1.82, 2.24) is 9.88 Å². The highest BCUT2D eigenvalue weighted by molar-refractivity contribution is 7.22. The van der Waals surface area contributed by atoms with Crippen LogP contribution in [-0.2, 0) is 9.53 Å². The summed E-state index contributed by atoms with van der Waals surface area (Å²) in [6.07, 6.45) is 8.31. The van der Waals surface area contributed by atoms with Crippen LogP contribution < -0.4 is 9.64 Å². The Balaban J connectivity index is 1.26. The second-order valence-electron chi connectivity index (χ2n) is 11.0. The number of morpholine rings is 1. The monoisotopic (exact) mass is 483 g/mol. The molecular formula is C27H37N3O3S. The molecular weight excluding hydrogens is 446 g/mol. The van der Waals surface area contributed by atoms with Crippen LogP contribution in [0.4, 0.5) is 5.13 Å². The lowest BCUT2D eigenvalue weighted by Crippen LogP contribution is -2.55. The molecule has 34 heavy (non-hydrogen) atoms. The molecule has 1 aromatic heterocycles. The first-order valence-corrected chi connectivity index (χ1v) is 14.1. The summed E-state index contributed by atoms with van der Waals surface area (Å²) in [4.78, 5) is 23.9. The van der Waals surface area contributed by atoms with E-state index in [1.807, 2.05) is 19.1 Å². The summed E-state index contributed by atoms with van der Waals surface area (Å²) in [6, 6.07) is 6.08. The summed E-state index contributed by atoms with van der Waals surface area (Å²) in [6.45, 7) is 8.02. The van der Waals surface area contributed by atoms with Crippen molar-refractivity contribution in [2.24, 2.45) is 23.2 Å². The van der Waals surface area contributed by atoms with E-state index < -0.39 is 0 Å². The number of benzene rings is 1. The van der Waals surface area contributed by atoms with E-state index in [-0.39, 0.29) is 5.41 Å². The van der Waals surface area contributed by atoms with E-state index in [4.69, 9.17) is 14.5 Å². The van der Waals surface area contributed by atoms with Crippen LogP contribution in [0.1, 0.15) is 51.9 Å². The van der Waals surface area contributed by atoms with Gasteiger partial charge in [-0.2, -0.15) is 0 Å². The Hall–Kier alpha value is -1.70. The molecule has 4 saturated carbocycles.